The summed E-state index contributed by atoms with van der Waals surface area (Å²) >= 11 is 0. The highest BCUT2D eigenvalue weighted by atomic mass is 16.5. The maximum Gasteiger partial charge on any atom is 0.321 e. The largest absolute Gasteiger partial charge is 0.484 e. The van der Waals surface area contributed by atoms with Gasteiger partial charge in [0, 0.05) is 24.3 Å². The van der Waals surface area contributed by atoms with Crippen LogP contribution < -0.4 is 20.3 Å². The van der Waals surface area contributed by atoms with Gasteiger partial charge in [-0.25, -0.2) is 4.79 Å². The molecule has 6 heteroatoms. The van der Waals surface area contributed by atoms with Gasteiger partial charge in [0.25, 0.3) is 5.91 Å². The molecule has 2 N–H and O–H groups in total. The maximum atomic E-state index is 12.0. The minimum absolute atomic E-state index is 0.0629. The first-order valence-electron chi connectivity index (χ1n) is 9.72. The van der Waals surface area contributed by atoms with Crippen molar-refractivity contribution in [1.29, 1.82) is 0 Å². The van der Waals surface area contributed by atoms with Crippen LogP contribution in [0.2, 0.25) is 0 Å². The molecule has 0 aliphatic carbocycles. The number of nitrogens with one attached hydrogen (secondary N) is 2. The smallest absolute Gasteiger partial charge is 0.321 e. The number of hydrogen-bond donors (Lipinski definition) is 2. The summed E-state index contributed by atoms with van der Waals surface area (Å²) in [5, 5.41) is 7.69. The molecule has 30 heavy (non-hydrogen) atoms. The van der Waals surface area contributed by atoms with E-state index < -0.39 is 0 Å². The van der Waals surface area contributed by atoms with E-state index in [0.717, 1.165) is 22.0 Å². The summed E-state index contributed by atoms with van der Waals surface area (Å²) in [5.41, 5.74) is 1.66. The first-order chi connectivity index (χ1) is 14.7. The lowest BCUT2D eigenvalue weighted by Gasteiger charge is -2.13. The fraction of sp³-hybridized carbons (Fsp3) is 0.167. The highest BCUT2D eigenvalue weighted by molar-refractivity contribution is 5.94. The van der Waals surface area contributed by atoms with Crippen LogP contribution in [0.1, 0.15) is 5.56 Å². The quantitative estimate of drug-likeness (QED) is 0.648. The molecule has 3 amide bonds. The molecule has 1 aliphatic heterocycles. The van der Waals surface area contributed by atoms with Gasteiger partial charge in [0.1, 0.15) is 5.75 Å². The van der Waals surface area contributed by atoms with Gasteiger partial charge in [0.05, 0.1) is 6.54 Å². The molecule has 1 fully saturated rings. The molecule has 1 saturated heterocycles. The van der Waals surface area contributed by atoms with E-state index in [2.05, 4.69) is 22.5 Å². The molecule has 0 unspecified atom stereocenters. The molecule has 0 spiro atoms. The van der Waals surface area contributed by atoms with Crippen molar-refractivity contribution in [2.45, 2.75) is 0 Å². The average molecular weight is 399 g/mol. The number of ether oxygens (including phenoxy) is 1. The van der Waals surface area contributed by atoms with Crippen LogP contribution in [-0.4, -0.2) is 38.2 Å². The lowest BCUT2D eigenvalue weighted by Crippen LogP contribution is -2.29. The number of carbonyl (C=O) groups is 2. The van der Waals surface area contributed by atoms with E-state index in [4.69, 9.17) is 4.74 Å². The summed E-state index contributed by atoms with van der Waals surface area (Å²) in [5.74, 6) is 6.35. The van der Waals surface area contributed by atoms with Gasteiger partial charge in [0.15, 0.2) is 6.61 Å². The lowest BCUT2D eigenvalue weighted by molar-refractivity contribution is -0.122. The molecule has 4 rings (SSSR count). The third-order valence-electron chi connectivity index (χ3n) is 4.73. The second-order valence-electron chi connectivity index (χ2n) is 6.81. The Kier molecular flexibility index (Phi) is 5.81. The van der Waals surface area contributed by atoms with Gasteiger partial charge in [-0.05, 0) is 47.2 Å². The standard InChI is InChI=1S/C24H21N3O3/c28-23(17-30-22-12-9-19-5-1-2-6-20(19)16-22)25-13-3-4-18-7-10-21(11-8-18)27-15-14-26-24(27)29/h1-2,5-12,16H,13-15,17H2,(H,25,28)(H,26,29). The molecule has 3 aromatic rings. The van der Waals surface area contributed by atoms with Crippen molar-refractivity contribution < 1.29 is 14.3 Å². The van der Waals surface area contributed by atoms with Crippen LogP contribution in [0, 0.1) is 11.8 Å². The number of rotatable bonds is 5. The van der Waals surface area contributed by atoms with E-state index in [0.29, 0.717) is 18.8 Å². The zero-order chi connectivity index (χ0) is 20.8. The fourth-order valence-electron chi connectivity index (χ4n) is 3.19. The zero-order valence-electron chi connectivity index (χ0n) is 16.4. The number of hydrogen-bond acceptors (Lipinski definition) is 3. The predicted octanol–water partition coefficient (Wildman–Crippen LogP) is 2.92. The SMILES string of the molecule is O=C(COc1ccc2ccccc2c1)NCC#Cc1ccc(N2CCNC2=O)cc1. The van der Waals surface area contributed by atoms with E-state index in [1.54, 1.807) is 4.90 Å². The Morgan fingerprint density at radius 2 is 1.87 bits per heavy atom. The average Bonchev–Trinajstić information content (AvgIpc) is 3.21. The normalized spacial score (nSPS) is 12.8. The van der Waals surface area contributed by atoms with Crippen molar-refractivity contribution in [2.24, 2.45) is 0 Å². The second kappa shape index (κ2) is 9.01. The zero-order valence-corrected chi connectivity index (χ0v) is 16.4. The summed E-state index contributed by atoms with van der Waals surface area (Å²) in [6.45, 7) is 1.49. The van der Waals surface area contributed by atoms with Crippen molar-refractivity contribution in [3.05, 3.63) is 72.3 Å². The van der Waals surface area contributed by atoms with Crippen LogP contribution in [0.4, 0.5) is 10.5 Å². The summed E-state index contributed by atoms with van der Waals surface area (Å²) in [6, 6.07) is 21.1. The molecule has 0 radical (unpaired) electrons. The molecular formula is C24H21N3O3. The van der Waals surface area contributed by atoms with Crippen molar-refractivity contribution in [2.75, 3.05) is 31.1 Å². The third kappa shape index (κ3) is 4.70. The minimum Gasteiger partial charge on any atom is -0.484 e. The van der Waals surface area contributed by atoms with E-state index in [1.165, 1.54) is 0 Å². The van der Waals surface area contributed by atoms with Crippen LogP contribution in [0.5, 0.6) is 5.75 Å². The van der Waals surface area contributed by atoms with Crippen molar-refractivity contribution >= 4 is 28.4 Å². The number of benzene rings is 3. The van der Waals surface area contributed by atoms with Crippen molar-refractivity contribution in [1.82, 2.24) is 10.6 Å². The van der Waals surface area contributed by atoms with Crippen LogP contribution >= 0.6 is 0 Å². The summed E-state index contributed by atoms with van der Waals surface area (Å²) in [4.78, 5) is 25.3. The van der Waals surface area contributed by atoms with Gasteiger partial charge < -0.3 is 15.4 Å². The molecule has 0 bridgehead atoms. The second-order valence-corrected chi connectivity index (χ2v) is 6.81. The molecule has 1 aliphatic rings. The third-order valence-corrected chi connectivity index (χ3v) is 4.73. The summed E-state index contributed by atoms with van der Waals surface area (Å²) in [6.07, 6.45) is 0. The number of anilines is 1. The highest BCUT2D eigenvalue weighted by Crippen LogP contribution is 2.20. The van der Waals surface area contributed by atoms with Gasteiger partial charge in [-0.1, -0.05) is 42.2 Å². The molecule has 150 valence electrons. The monoisotopic (exact) mass is 399 g/mol. The van der Waals surface area contributed by atoms with E-state index in [9.17, 15) is 9.59 Å². The number of urea groups is 1. The van der Waals surface area contributed by atoms with Crippen molar-refractivity contribution in [3.8, 4) is 17.6 Å². The first kappa shape index (κ1) is 19.3. The molecule has 0 saturated carbocycles. The fourth-order valence-corrected chi connectivity index (χ4v) is 3.19. The maximum absolute atomic E-state index is 12.0. The van der Waals surface area contributed by atoms with Crippen molar-refractivity contribution in [3.63, 3.8) is 0 Å². The minimum atomic E-state index is -0.229. The summed E-state index contributed by atoms with van der Waals surface area (Å²) in [7, 11) is 0. The Hall–Kier alpha value is -3.98. The number of fused-ring (bicyclic) bond motifs is 1. The van der Waals surface area contributed by atoms with Crippen LogP contribution in [0.15, 0.2) is 66.7 Å². The molecule has 1 heterocycles. The number of nitrogens with zero attached hydrogens (tertiary/aromatic N) is 1. The Labute approximate surface area is 174 Å². The molecule has 0 aromatic heterocycles. The Bertz CT molecular complexity index is 1130. The Balaban J connectivity index is 1.23. The van der Waals surface area contributed by atoms with Crippen LogP contribution in [-0.2, 0) is 4.79 Å². The molecule has 0 atom stereocenters. The molecule has 3 aromatic carbocycles. The van der Waals surface area contributed by atoms with Crippen LogP contribution in [0.3, 0.4) is 0 Å². The first-order valence-corrected chi connectivity index (χ1v) is 9.72. The number of amides is 3. The van der Waals surface area contributed by atoms with Gasteiger partial charge >= 0.3 is 6.03 Å². The van der Waals surface area contributed by atoms with Gasteiger partial charge in [-0.2, -0.15) is 0 Å². The Morgan fingerprint density at radius 1 is 1.07 bits per heavy atom. The van der Waals surface area contributed by atoms with Crippen LogP contribution in [0.25, 0.3) is 10.8 Å². The highest BCUT2D eigenvalue weighted by Gasteiger charge is 2.20. The van der Waals surface area contributed by atoms with E-state index in [-0.39, 0.29) is 25.1 Å². The molecular weight excluding hydrogens is 378 g/mol. The van der Waals surface area contributed by atoms with E-state index in [1.807, 2.05) is 66.7 Å². The number of carbonyl (C=O) groups excluding carboxylic acids is 2. The predicted molar refractivity (Wildman–Crippen MR) is 117 cm³/mol. The van der Waals surface area contributed by atoms with Gasteiger partial charge in [0.2, 0.25) is 0 Å². The molecule has 6 nitrogen and oxygen atoms in total. The van der Waals surface area contributed by atoms with E-state index >= 15 is 0 Å². The van der Waals surface area contributed by atoms with Gasteiger partial charge in [-0.3, -0.25) is 9.69 Å². The van der Waals surface area contributed by atoms with Gasteiger partial charge in [-0.15, -0.1) is 0 Å². The summed E-state index contributed by atoms with van der Waals surface area (Å²) < 4.78 is 5.56. The lowest BCUT2D eigenvalue weighted by atomic mass is 10.1. The Morgan fingerprint density at radius 3 is 2.63 bits per heavy atom. The topological polar surface area (TPSA) is 70.7 Å².